The number of aromatic nitrogens is 1. The highest BCUT2D eigenvalue weighted by atomic mass is 35.5. The number of fused-ring (bicyclic) bond motifs is 2. The molecule has 0 saturated carbocycles. The lowest BCUT2D eigenvalue weighted by Crippen LogP contribution is -2.49. The molecule has 2 bridgehead atoms. The first-order valence-corrected chi connectivity index (χ1v) is 13.2. The molecule has 2 fully saturated rings. The average Bonchev–Trinajstić information content (AvgIpc) is 3.47. The molecule has 8 nitrogen and oxygen atoms in total. The number of aliphatic carboxylic acids is 1. The molecule has 0 spiro atoms. The van der Waals surface area contributed by atoms with Crippen LogP contribution in [0.1, 0.15) is 35.9 Å². The number of carboxylic acids is 1. The first-order valence-electron chi connectivity index (χ1n) is 11.9. The number of carbonyl (C=O) groups excluding carboxylic acids is 1. The van der Waals surface area contributed by atoms with Gasteiger partial charge >= 0.3 is 11.9 Å². The molecule has 0 aliphatic carbocycles. The Morgan fingerprint density at radius 3 is 2.58 bits per heavy atom. The number of aliphatic imine (C=N–C) groups is 1. The van der Waals surface area contributed by atoms with Gasteiger partial charge in [-0.15, -0.1) is 11.3 Å². The highest BCUT2D eigenvalue weighted by molar-refractivity contribution is 7.11. The first kappa shape index (κ1) is 26.6. The number of benzene rings is 1. The van der Waals surface area contributed by atoms with Gasteiger partial charge in [-0.3, -0.25) is 14.7 Å². The summed E-state index contributed by atoms with van der Waals surface area (Å²) in [5.74, 6) is -2.55. The van der Waals surface area contributed by atoms with Crippen molar-refractivity contribution in [1.82, 2.24) is 15.2 Å². The highest BCUT2D eigenvalue weighted by Crippen LogP contribution is 2.44. The predicted molar refractivity (Wildman–Crippen MR) is 134 cm³/mol. The minimum Gasteiger partial charge on any atom is -0.481 e. The molecular weight excluding hydrogens is 545 g/mol. The Morgan fingerprint density at radius 1 is 1.26 bits per heavy atom. The number of thiazole rings is 1. The van der Waals surface area contributed by atoms with Crippen LogP contribution in [0.15, 0.2) is 46.0 Å². The fraction of sp³-hybridized carbons (Fsp3) is 0.440. The van der Waals surface area contributed by atoms with Crippen LogP contribution >= 0.6 is 22.9 Å². The molecule has 2 unspecified atom stereocenters. The van der Waals surface area contributed by atoms with E-state index in [1.54, 1.807) is 22.5 Å². The smallest absolute Gasteiger partial charge is 0.338 e. The second-order valence-electron chi connectivity index (χ2n) is 9.50. The van der Waals surface area contributed by atoms with Crippen molar-refractivity contribution in [1.29, 1.82) is 0 Å². The number of halogens is 4. The van der Waals surface area contributed by atoms with E-state index in [0.717, 1.165) is 0 Å². The van der Waals surface area contributed by atoms with Crippen LogP contribution in [0.3, 0.4) is 0 Å². The van der Waals surface area contributed by atoms with E-state index in [1.807, 2.05) is 0 Å². The molecule has 4 heterocycles. The van der Waals surface area contributed by atoms with Gasteiger partial charge in [0.25, 0.3) is 0 Å². The Morgan fingerprint density at radius 2 is 1.97 bits per heavy atom. The number of methoxy groups -OCH3 is 1. The minimum absolute atomic E-state index is 0.0261. The number of carbonyl (C=O) groups is 2. The largest absolute Gasteiger partial charge is 0.481 e. The molecule has 202 valence electrons. The van der Waals surface area contributed by atoms with Crippen LogP contribution in [0.2, 0.25) is 5.02 Å². The quantitative estimate of drug-likeness (QED) is 0.485. The maximum atomic E-state index is 15.1. The van der Waals surface area contributed by atoms with E-state index in [0.29, 0.717) is 5.01 Å². The van der Waals surface area contributed by atoms with Crippen molar-refractivity contribution in [2.24, 2.45) is 10.9 Å². The molecular formula is C25H24ClF3N4O4S. The lowest BCUT2D eigenvalue weighted by Gasteiger charge is -2.39. The van der Waals surface area contributed by atoms with Gasteiger partial charge in [0.2, 0.25) is 0 Å². The highest BCUT2D eigenvalue weighted by Gasteiger charge is 2.55. The summed E-state index contributed by atoms with van der Waals surface area (Å²) in [4.78, 5) is 34.9. The van der Waals surface area contributed by atoms with Crippen LogP contribution in [0.4, 0.5) is 13.2 Å². The van der Waals surface area contributed by atoms with Gasteiger partial charge in [-0.25, -0.2) is 22.9 Å². The molecule has 2 N–H and O–H groups in total. The van der Waals surface area contributed by atoms with Gasteiger partial charge in [-0.05, 0) is 24.8 Å². The Bertz CT molecular complexity index is 1290. The van der Waals surface area contributed by atoms with E-state index in [2.05, 4.69) is 15.3 Å². The van der Waals surface area contributed by atoms with Gasteiger partial charge in [0.05, 0.1) is 17.7 Å². The molecule has 3 aliphatic rings. The van der Waals surface area contributed by atoms with Gasteiger partial charge in [0.15, 0.2) is 10.8 Å². The lowest BCUT2D eigenvalue weighted by molar-refractivity contribution is -0.139. The average molecular weight is 569 g/mol. The number of carboxylic acid groups (broad SMARTS) is 1. The molecule has 3 aliphatic heterocycles. The van der Waals surface area contributed by atoms with E-state index >= 15 is 8.78 Å². The Labute approximate surface area is 225 Å². The van der Waals surface area contributed by atoms with Gasteiger partial charge in [0, 0.05) is 47.9 Å². The first-order chi connectivity index (χ1) is 18.2. The van der Waals surface area contributed by atoms with Crippen LogP contribution in [0.25, 0.3) is 0 Å². The molecule has 0 radical (unpaired) electrons. The number of alkyl halides is 2. The Hall–Kier alpha value is -2.96. The second kappa shape index (κ2) is 10.7. The van der Waals surface area contributed by atoms with E-state index in [-0.39, 0.29) is 59.4 Å². The zero-order valence-electron chi connectivity index (χ0n) is 20.1. The van der Waals surface area contributed by atoms with E-state index < -0.39 is 48.2 Å². The monoisotopic (exact) mass is 568 g/mol. The van der Waals surface area contributed by atoms with Crippen molar-refractivity contribution in [3.05, 3.63) is 62.5 Å². The molecule has 2 saturated heterocycles. The number of esters is 1. The maximum Gasteiger partial charge on any atom is 0.338 e. The van der Waals surface area contributed by atoms with Crippen LogP contribution < -0.4 is 5.32 Å². The summed E-state index contributed by atoms with van der Waals surface area (Å²) in [6, 6.07) is 1.34. The van der Waals surface area contributed by atoms with Crippen LogP contribution in [-0.2, 0) is 14.3 Å². The zero-order chi connectivity index (χ0) is 27.1. The van der Waals surface area contributed by atoms with Gasteiger partial charge in [0.1, 0.15) is 24.2 Å². The van der Waals surface area contributed by atoms with Crippen molar-refractivity contribution in [2.75, 3.05) is 13.7 Å². The number of rotatable bonds is 7. The predicted octanol–water partition coefficient (Wildman–Crippen LogP) is 4.07. The van der Waals surface area contributed by atoms with Crippen molar-refractivity contribution in [2.45, 2.75) is 49.7 Å². The van der Waals surface area contributed by atoms with E-state index in [1.165, 1.54) is 30.6 Å². The maximum absolute atomic E-state index is 15.1. The molecule has 38 heavy (non-hydrogen) atoms. The van der Waals surface area contributed by atoms with Gasteiger partial charge in [-0.2, -0.15) is 0 Å². The second-order valence-corrected chi connectivity index (χ2v) is 10.8. The number of nitrogens with zero attached hydrogens (tertiary/aromatic N) is 3. The summed E-state index contributed by atoms with van der Waals surface area (Å²) in [6.07, 6.45) is -1.87. The number of hydrogen-bond donors (Lipinski definition) is 2. The summed E-state index contributed by atoms with van der Waals surface area (Å²) in [5.41, 5.74) is 0.517. The molecule has 5 rings (SSSR count). The SMILES string of the molecule is COC(=O)C1=C(CN2[C@@H]3C[C@H](CC(=O)O)C[C@H]2C(F)C3F)NC(c2nccs2)=N[C@H]1c1cccc(F)c1Cl. The topological polar surface area (TPSA) is 104 Å². The third-order valence-corrected chi connectivity index (χ3v) is 8.47. The van der Waals surface area contributed by atoms with E-state index in [9.17, 15) is 19.1 Å². The standard InChI is InChI=1S/C25H24ClF3N4O4S/c1-37-25(36)18-14(10-33-15-7-11(9-17(34)35)8-16(33)21(29)20(15)28)31-23(24-30-5-6-38-24)32-22(18)12-3-2-4-13(27)19(12)26/h2-6,11,15-16,20-22H,7-10H2,1H3,(H,31,32)(H,34,35)/t11-,15+,16-,20?,21?,22-/m0/s1. The molecule has 13 heteroatoms. The summed E-state index contributed by atoms with van der Waals surface area (Å²) in [7, 11) is 1.19. The van der Waals surface area contributed by atoms with Crippen molar-refractivity contribution < 1.29 is 32.6 Å². The minimum atomic E-state index is -1.80. The van der Waals surface area contributed by atoms with Crippen LogP contribution in [-0.4, -0.2) is 70.8 Å². The normalized spacial score (nSPS) is 29.1. The molecule has 1 aromatic carbocycles. The lowest BCUT2D eigenvalue weighted by atomic mass is 9.87. The van der Waals surface area contributed by atoms with Gasteiger partial charge in [-0.1, -0.05) is 23.7 Å². The van der Waals surface area contributed by atoms with Crippen LogP contribution in [0.5, 0.6) is 0 Å². The fourth-order valence-corrected chi connectivity index (χ4v) is 6.47. The third kappa shape index (κ3) is 4.80. The number of ether oxygens (including phenoxy) is 1. The molecule has 2 aromatic rings. The molecule has 1 aromatic heterocycles. The van der Waals surface area contributed by atoms with Crippen molar-refractivity contribution in [3.8, 4) is 0 Å². The third-order valence-electron chi connectivity index (χ3n) is 7.29. The van der Waals surface area contributed by atoms with Crippen LogP contribution in [0, 0.1) is 11.7 Å². The number of nitrogens with one attached hydrogen (secondary N) is 1. The zero-order valence-corrected chi connectivity index (χ0v) is 21.7. The Kier molecular flexibility index (Phi) is 7.47. The summed E-state index contributed by atoms with van der Waals surface area (Å²) in [5, 5.41) is 14.3. The summed E-state index contributed by atoms with van der Waals surface area (Å²) in [6.45, 7) is -0.0752. The van der Waals surface area contributed by atoms with Crippen molar-refractivity contribution in [3.63, 3.8) is 0 Å². The summed E-state index contributed by atoms with van der Waals surface area (Å²) >= 11 is 7.57. The molecule has 0 amide bonds. The summed E-state index contributed by atoms with van der Waals surface area (Å²) < 4.78 is 49.6. The number of piperidine rings is 1. The number of amidine groups is 1. The molecule has 6 atom stereocenters. The Balaban J connectivity index is 1.58. The fourth-order valence-electron chi connectivity index (χ4n) is 5.65. The number of hydrogen-bond acceptors (Lipinski definition) is 8. The van der Waals surface area contributed by atoms with Gasteiger partial charge < -0.3 is 15.2 Å². The van der Waals surface area contributed by atoms with E-state index in [4.69, 9.17) is 16.3 Å². The van der Waals surface area contributed by atoms with Crippen molar-refractivity contribution >= 4 is 40.7 Å².